The second-order valence-electron chi connectivity index (χ2n) is 7.08. The summed E-state index contributed by atoms with van der Waals surface area (Å²) in [5.41, 5.74) is -0.269. The predicted octanol–water partition coefficient (Wildman–Crippen LogP) is 1.57. The van der Waals surface area contributed by atoms with Crippen molar-refractivity contribution in [1.82, 2.24) is 15.5 Å². The van der Waals surface area contributed by atoms with Crippen LogP contribution in [0.2, 0.25) is 0 Å². The lowest BCUT2D eigenvalue weighted by molar-refractivity contribution is -0.134. The normalized spacial score (nSPS) is 20.7. The summed E-state index contributed by atoms with van der Waals surface area (Å²) in [5, 5.41) is 5.46. The third-order valence-corrected chi connectivity index (χ3v) is 4.74. The zero-order valence-electron chi connectivity index (χ0n) is 15.7. The van der Waals surface area contributed by atoms with Gasteiger partial charge in [-0.1, -0.05) is 25.8 Å². The van der Waals surface area contributed by atoms with Crippen molar-refractivity contribution >= 4 is 17.8 Å². The molecular weight excluding hydrogens is 350 g/mol. The van der Waals surface area contributed by atoms with Gasteiger partial charge in [0, 0.05) is 13.0 Å². The first-order valence-electron chi connectivity index (χ1n) is 9.22. The molecule has 0 spiro atoms. The Labute approximate surface area is 158 Å². The number of ether oxygens (including phenoxy) is 2. The van der Waals surface area contributed by atoms with Gasteiger partial charge in [0.2, 0.25) is 12.7 Å². The largest absolute Gasteiger partial charge is 0.454 e. The number of nitrogens with zero attached hydrogens (tertiary/aromatic N) is 1. The molecule has 3 rings (SSSR count). The fourth-order valence-electron chi connectivity index (χ4n) is 3.27. The number of urea groups is 1. The second-order valence-corrected chi connectivity index (χ2v) is 7.08. The molecule has 0 bridgehead atoms. The molecule has 0 aromatic heterocycles. The SMILES string of the molecule is CCCCCNC(=O)CN1C(=O)N[C@](C)(Cc2ccc3c(c2)OCO3)C1=O. The number of hydrogen-bond donors (Lipinski definition) is 2. The van der Waals surface area contributed by atoms with Crippen molar-refractivity contribution in [3.8, 4) is 11.5 Å². The highest BCUT2D eigenvalue weighted by molar-refractivity contribution is 6.08. The fourth-order valence-corrected chi connectivity index (χ4v) is 3.27. The monoisotopic (exact) mass is 375 g/mol. The van der Waals surface area contributed by atoms with Crippen LogP contribution in [-0.4, -0.2) is 48.2 Å². The van der Waals surface area contributed by atoms with Crippen LogP contribution >= 0.6 is 0 Å². The lowest BCUT2D eigenvalue weighted by atomic mass is 9.92. The number of carbonyl (C=O) groups excluding carboxylic acids is 3. The standard InChI is InChI=1S/C19H25N3O5/c1-3-4-5-8-20-16(23)11-22-17(24)19(2,21-18(22)25)10-13-6-7-14-15(9-13)27-12-26-14/h6-7,9H,3-5,8,10-12H2,1-2H3,(H,20,23)(H,21,25)/t19-/m1/s1. The maximum Gasteiger partial charge on any atom is 0.325 e. The van der Waals surface area contributed by atoms with E-state index in [9.17, 15) is 14.4 Å². The lowest BCUT2D eigenvalue weighted by Gasteiger charge is -2.21. The average Bonchev–Trinajstić information content (AvgIpc) is 3.17. The minimum atomic E-state index is -1.10. The molecule has 1 fully saturated rings. The van der Waals surface area contributed by atoms with E-state index in [0.29, 0.717) is 24.5 Å². The van der Waals surface area contributed by atoms with E-state index in [1.54, 1.807) is 19.1 Å². The molecule has 4 amide bonds. The summed E-state index contributed by atoms with van der Waals surface area (Å²) in [6, 6.07) is 4.87. The zero-order valence-corrected chi connectivity index (χ0v) is 15.7. The molecule has 1 saturated heterocycles. The number of carbonyl (C=O) groups is 3. The van der Waals surface area contributed by atoms with Crippen LogP contribution in [0.4, 0.5) is 4.79 Å². The van der Waals surface area contributed by atoms with Gasteiger partial charge in [-0.25, -0.2) is 4.79 Å². The van der Waals surface area contributed by atoms with Crippen LogP contribution in [0.1, 0.15) is 38.7 Å². The molecule has 2 aliphatic heterocycles. The van der Waals surface area contributed by atoms with Crippen LogP contribution in [0.3, 0.4) is 0 Å². The Balaban J connectivity index is 1.61. The second kappa shape index (κ2) is 7.85. The zero-order chi connectivity index (χ0) is 19.4. The van der Waals surface area contributed by atoms with Crippen molar-refractivity contribution in [3.05, 3.63) is 23.8 Å². The highest BCUT2D eigenvalue weighted by atomic mass is 16.7. The van der Waals surface area contributed by atoms with Crippen LogP contribution in [0.5, 0.6) is 11.5 Å². The third kappa shape index (κ3) is 4.15. The molecule has 0 unspecified atom stereocenters. The maximum absolute atomic E-state index is 12.8. The van der Waals surface area contributed by atoms with Crippen LogP contribution in [-0.2, 0) is 16.0 Å². The Hall–Kier alpha value is -2.77. The van der Waals surface area contributed by atoms with E-state index in [2.05, 4.69) is 17.6 Å². The molecule has 8 heteroatoms. The summed E-state index contributed by atoms with van der Waals surface area (Å²) >= 11 is 0. The first-order valence-corrected chi connectivity index (χ1v) is 9.22. The quantitative estimate of drug-likeness (QED) is 0.531. The van der Waals surface area contributed by atoms with E-state index in [4.69, 9.17) is 9.47 Å². The van der Waals surface area contributed by atoms with Crippen molar-refractivity contribution in [2.24, 2.45) is 0 Å². The number of unbranched alkanes of at least 4 members (excludes halogenated alkanes) is 2. The molecule has 146 valence electrons. The average molecular weight is 375 g/mol. The Bertz CT molecular complexity index is 751. The van der Waals surface area contributed by atoms with Crippen LogP contribution < -0.4 is 20.1 Å². The molecule has 1 atom stereocenters. The number of imide groups is 1. The van der Waals surface area contributed by atoms with Crippen LogP contribution in [0.25, 0.3) is 0 Å². The molecule has 0 radical (unpaired) electrons. The Morgan fingerprint density at radius 3 is 2.81 bits per heavy atom. The molecule has 0 aliphatic carbocycles. The number of nitrogens with one attached hydrogen (secondary N) is 2. The fraction of sp³-hybridized carbons (Fsp3) is 0.526. The molecule has 1 aromatic carbocycles. The highest BCUT2D eigenvalue weighted by Crippen LogP contribution is 2.34. The molecule has 2 heterocycles. The summed E-state index contributed by atoms with van der Waals surface area (Å²) in [4.78, 5) is 38.1. The lowest BCUT2D eigenvalue weighted by Crippen LogP contribution is -2.46. The molecule has 2 aliphatic rings. The number of benzene rings is 1. The Kier molecular flexibility index (Phi) is 5.53. The van der Waals surface area contributed by atoms with Gasteiger partial charge < -0.3 is 20.1 Å². The van der Waals surface area contributed by atoms with Gasteiger partial charge in [-0.15, -0.1) is 0 Å². The van der Waals surface area contributed by atoms with E-state index in [0.717, 1.165) is 29.7 Å². The van der Waals surface area contributed by atoms with Gasteiger partial charge in [-0.2, -0.15) is 0 Å². The molecule has 27 heavy (non-hydrogen) atoms. The number of fused-ring (bicyclic) bond motifs is 1. The molecule has 1 aromatic rings. The van der Waals surface area contributed by atoms with E-state index in [1.165, 1.54) is 0 Å². The molecular formula is C19H25N3O5. The smallest absolute Gasteiger partial charge is 0.325 e. The van der Waals surface area contributed by atoms with E-state index >= 15 is 0 Å². The summed E-state index contributed by atoms with van der Waals surface area (Å²) in [7, 11) is 0. The topological polar surface area (TPSA) is 97.0 Å². The van der Waals surface area contributed by atoms with Crippen molar-refractivity contribution in [2.45, 2.75) is 45.1 Å². The van der Waals surface area contributed by atoms with Crippen molar-refractivity contribution < 1.29 is 23.9 Å². The molecule has 0 saturated carbocycles. The van der Waals surface area contributed by atoms with Crippen LogP contribution in [0.15, 0.2) is 18.2 Å². The number of hydrogen-bond acceptors (Lipinski definition) is 5. The van der Waals surface area contributed by atoms with Gasteiger partial charge in [0.25, 0.3) is 5.91 Å². The Morgan fingerprint density at radius 2 is 2.04 bits per heavy atom. The highest BCUT2D eigenvalue weighted by Gasteiger charge is 2.48. The first kappa shape index (κ1) is 19.0. The Morgan fingerprint density at radius 1 is 1.26 bits per heavy atom. The predicted molar refractivity (Wildman–Crippen MR) is 97.5 cm³/mol. The minimum absolute atomic E-state index is 0.173. The van der Waals surface area contributed by atoms with Gasteiger partial charge in [0.05, 0.1) is 0 Å². The number of amides is 4. The van der Waals surface area contributed by atoms with Gasteiger partial charge >= 0.3 is 6.03 Å². The summed E-state index contributed by atoms with van der Waals surface area (Å²) in [6.45, 7) is 4.19. The van der Waals surface area contributed by atoms with Gasteiger partial charge in [-0.05, 0) is 31.0 Å². The van der Waals surface area contributed by atoms with E-state index in [-0.39, 0.29) is 19.2 Å². The van der Waals surface area contributed by atoms with E-state index in [1.807, 2.05) is 6.07 Å². The van der Waals surface area contributed by atoms with Crippen LogP contribution in [0, 0.1) is 0 Å². The summed E-state index contributed by atoms with van der Waals surface area (Å²) in [6.07, 6.45) is 3.26. The van der Waals surface area contributed by atoms with Gasteiger partial charge in [-0.3, -0.25) is 14.5 Å². The van der Waals surface area contributed by atoms with Gasteiger partial charge in [0.1, 0.15) is 12.1 Å². The summed E-state index contributed by atoms with van der Waals surface area (Å²) < 4.78 is 10.6. The van der Waals surface area contributed by atoms with Crippen molar-refractivity contribution in [3.63, 3.8) is 0 Å². The first-order chi connectivity index (χ1) is 12.9. The molecule has 2 N–H and O–H groups in total. The minimum Gasteiger partial charge on any atom is -0.454 e. The van der Waals surface area contributed by atoms with Crippen molar-refractivity contribution in [1.29, 1.82) is 0 Å². The maximum atomic E-state index is 12.8. The van der Waals surface area contributed by atoms with E-state index < -0.39 is 17.5 Å². The van der Waals surface area contributed by atoms with Crippen molar-refractivity contribution in [2.75, 3.05) is 19.9 Å². The summed E-state index contributed by atoms with van der Waals surface area (Å²) in [5.74, 6) is 0.541. The third-order valence-electron chi connectivity index (χ3n) is 4.74. The van der Waals surface area contributed by atoms with Gasteiger partial charge in [0.15, 0.2) is 11.5 Å². The molecule has 8 nitrogen and oxygen atoms in total. The number of rotatable bonds is 8.